The molecule has 0 unspecified atom stereocenters. The molecule has 1 aliphatic heterocycles. The lowest BCUT2D eigenvalue weighted by Crippen LogP contribution is -2.22. The van der Waals surface area contributed by atoms with E-state index in [1.807, 2.05) is 4.90 Å². The summed E-state index contributed by atoms with van der Waals surface area (Å²) in [4.78, 5) is 21.6. The summed E-state index contributed by atoms with van der Waals surface area (Å²) in [7, 11) is 0. The predicted molar refractivity (Wildman–Crippen MR) is 114 cm³/mol. The Labute approximate surface area is 185 Å². The maximum atomic E-state index is 14.8. The largest absolute Gasteiger partial charge is 0.359 e. The number of aromatic amines is 1. The first kappa shape index (κ1) is 19.8. The molecule has 11 heteroatoms. The molecule has 1 aromatic carbocycles. The van der Waals surface area contributed by atoms with Crippen molar-refractivity contribution in [1.29, 1.82) is 0 Å². The predicted octanol–water partition coefficient (Wildman–Crippen LogP) is 3.80. The monoisotopic (exact) mass is 453 g/mol. The molecule has 6 rings (SSSR count). The Morgan fingerprint density at radius 2 is 1.91 bits per heavy atom. The molecule has 3 aromatic heterocycles. The van der Waals surface area contributed by atoms with Gasteiger partial charge in [-0.3, -0.25) is 4.79 Å². The Kier molecular flexibility index (Phi) is 4.23. The second-order valence-corrected chi connectivity index (χ2v) is 8.69. The Hall–Kier alpha value is -3.89. The molecule has 0 radical (unpaired) electrons. The fraction of sp³-hybridized carbons (Fsp3) is 0.273. The van der Waals surface area contributed by atoms with Crippen LogP contribution in [-0.2, 0) is 0 Å². The number of carbonyl (C=O) groups is 1. The van der Waals surface area contributed by atoms with E-state index < -0.39 is 23.4 Å². The van der Waals surface area contributed by atoms with E-state index in [1.165, 1.54) is 42.2 Å². The van der Waals surface area contributed by atoms with Gasteiger partial charge in [0.2, 0.25) is 0 Å². The highest BCUT2D eigenvalue weighted by Crippen LogP contribution is 2.53. The summed E-state index contributed by atoms with van der Waals surface area (Å²) >= 11 is 0. The van der Waals surface area contributed by atoms with Crippen molar-refractivity contribution in [1.82, 2.24) is 25.0 Å². The van der Waals surface area contributed by atoms with Crippen LogP contribution in [0.25, 0.3) is 16.6 Å². The van der Waals surface area contributed by atoms with E-state index in [2.05, 4.69) is 25.6 Å². The summed E-state index contributed by atoms with van der Waals surface area (Å²) in [5.41, 5.74) is 1.24. The van der Waals surface area contributed by atoms with Crippen LogP contribution in [0.15, 0.2) is 36.8 Å². The number of benzene rings is 1. The van der Waals surface area contributed by atoms with Gasteiger partial charge in [-0.2, -0.15) is 0 Å². The van der Waals surface area contributed by atoms with Gasteiger partial charge in [0, 0.05) is 36.8 Å². The summed E-state index contributed by atoms with van der Waals surface area (Å²) in [6, 6.07) is 3.32. The average molecular weight is 453 g/mol. The van der Waals surface area contributed by atoms with Crippen LogP contribution in [0.2, 0.25) is 0 Å². The molecule has 8 nitrogen and oxygen atoms in total. The zero-order valence-electron chi connectivity index (χ0n) is 17.3. The first-order chi connectivity index (χ1) is 15.9. The quantitative estimate of drug-likeness (QED) is 0.491. The van der Waals surface area contributed by atoms with Crippen molar-refractivity contribution in [3.05, 3.63) is 59.9 Å². The molecule has 0 bridgehead atoms. The molecule has 1 spiro atoms. The number of rotatable bonds is 4. The summed E-state index contributed by atoms with van der Waals surface area (Å²) < 4.78 is 43.0. The molecule has 33 heavy (non-hydrogen) atoms. The molecule has 4 heterocycles. The highest BCUT2D eigenvalue weighted by Gasteiger charge is 2.48. The molecule has 2 aliphatic rings. The van der Waals surface area contributed by atoms with Crippen LogP contribution in [0.5, 0.6) is 0 Å². The van der Waals surface area contributed by atoms with Crippen LogP contribution in [-0.4, -0.2) is 44.0 Å². The molecule has 0 atom stereocenters. The summed E-state index contributed by atoms with van der Waals surface area (Å²) in [5.74, 6) is -2.76. The minimum atomic E-state index is -1.03. The average Bonchev–Trinajstić information content (AvgIpc) is 3.12. The Balaban J connectivity index is 1.20. The number of carbonyl (C=O) groups excluding carboxylic acids is 1. The van der Waals surface area contributed by atoms with Gasteiger partial charge in [0.1, 0.15) is 0 Å². The van der Waals surface area contributed by atoms with Crippen molar-refractivity contribution < 1.29 is 18.0 Å². The van der Waals surface area contributed by atoms with Crippen molar-refractivity contribution in [3.8, 4) is 5.69 Å². The normalized spacial score (nSPS) is 16.6. The lowest BCUT2D eigenvalue weighted by atomic mass is 10.1. The van der Waals surface area contributed by atoms with E-state index in [9.17, 15) is 18.0 Å². The van der Waals surface area contributed by atoms with Crippen molar-refractivity contribution >= 4 is 28.3 Å². The third kappa shape index (κ3) is 3.40. The van der Waals surface area contributed by atoms with Crippen LogP contribution >= 0.6 is 0 Å². The molecule has 2 fully saturated rings. The van der Waals surface area contributed by atoms with Gasteiger partial charge in [0.05, 0.1) is 29.3 Å². The summed E-state index contributed by atoms with van der Waals surface area (Å²) in [6.07, 6.45) is 7.71. The Bertz CT molecular complexity index is 1410. The zero-order chi connectivity index (χ0) is 22.7. The molecule has 1 saturated carbocycles. The van der Waals surface area contributed by atoms with Crippen LogP contribution in [0.4, 0.5) is 24.7 Å². The van der Waals surface area contributed by atoms with Gasteiger partial charge in [0.25, 0.3) is 5.91 Å². The van der Waals surface area contributed by atoms with Gasteiger partial charge in [-0.25, -0.2) is 22.8 Å². The standard InChI is InChI=1S/C22H18F3N7O/c23-14-6-13-17(7-15(14)24)26-9-18(13)28-21(33)19-10-32(30-29-19)12-5-16(25)20(27-8-12)31-4-3-22(11-31)1-2-22/h5-10,26H,1-4,11H2,(H,28,33). The maximum Gasteiger partial charge on any atom is 0.277 e. The molecule has 4 aromatic rings. The molecule has 1 amide bonds. The van der Waals surface area contributed by atoms with E-state index in [0.29, 0.717) is 27.8 Å². The molecular formula is C22H18F3N7O. The number of amides is 1. The van der Waals surface area contributed by atoms with E-state index in [-0.39, 0.29) is 11.4 Å². The number of hydrogen-bond acceptors (Lipinski definition) is 5. The molecule has 2 N–H and O–H groups in total. The van der Waals surface area contributed by atoms with E-state index in [4.69, 9.17) is 0 Å². The van der Waals surface area contributed by atoms with Crippen molar-refractivity contribution in [2.45, 2.75) is 19.3 Å². The minimum Gasteiger partial charge on any atom is -0.359 e. The van der Waals surface area contributed by atoms with Crippen molar-refractivity contribution in [3.63, 3.8) is 0 Å². The number of fused-ring (bicyclic) bond motifs is 1. The van der Waals surface area contributed by atoms with Crippen molar-refractivity contribution in [2.24, 2.45) is 5.41 Å². The van der Waals surface area contributed by atoms with Gasteiger partial charge in [-0.15, -0.1) is 5.10 Å². The van der Waals surface area contributed by atoms with Gasteiger partial charge in [0.15, 0.2) is 29.0 Å². The zero-order valence-corrected chi connectivity index (χ0v) is 17.3. The second-order valence-electron chi connectivity index (χ2n) is 8.69. The molecule has 1 saturated heterocycles. The SMILES string of the molecule is O=C(Nc1c[nH]c2cc(F)c(F)cc12)c1cn(-c2cnc(N3CCC4(CC4)C3)c(F)c2)nn1. The number of nitrogens with zero attached hydrogens (tertiary/aromatic N) is 5. The number of halogens is 3. The number of anilines is 2. The second kappa shape index (κ2) is 7.06. The summed E-state index contributed by atoms with van der Waals surface area (Å²) in [6.45, 7) is 1.62. The lowest BCUT2D eigenvalue weighted by molar-refractivity contribution is 0.102. The molecular weight excluding hydrogens is 435 g/mol. The number of nitrogens with one attached hydrogen (secondary N) is 2. The van der Waals surface area contributed by atoms with Crippen LogP contribution in [0.3, 0.4) is 0 Å². The van der Waals surface area contributed by atoms with E-state index in [0.717, 1.165) is 31.6 Å². The first-order valence-electron chi connectivity index (χ1n) is 10.5. The number of pyridine rings is 1. The van der Waals surface area contributed by atoms with Crippen LogP contribution in [0.1, 0.15) is 29.8 Å². The highest BCUT2D eigenvalue weighted by atomic mass is 19.2. The van der Waals surface area contributed by atoms with Gasteiger partial charge < -0.3 is 15.2 Å². The minimum absolute atomic E-state index is 0.0355. The van der Waals surface area contributed by atoms with Crippen LogP contribution < -0.4 is 10.2 Å². The maximum absolute atomic E-state index is 14.8. The third-order valence-corrected chi connectivity index (χ3v) is 6.46. The number of hydrogen-bond donors (Lipinski definition) is 2. The number of aromatic nitrogens is 5. The number of H-pyrrole nitrogens is 1. The van der Waals surface area contributed by atoms with Crippen molar-refractivity contribution in [2.75, 3.05) is 23.3 Å². The van der Waals surface area contributed by atoms with Crippen LogP contribution in [0, 0.1) is 22.9 Å². The fourth-order valence-electron chi connectivity index (χ4n) is 4.38. The highest BCUT2D eigenvalue weighted by molar-refractivity contribution is 6.07. The molecule has 168 valence electrons. The Morgan fingerprint density at radius 1 is 1.09 bits per heavy atom. The van der Waals surface area contributed by atoms with Gasteiger partial charge in [-0.05, 0) is 30.7 Å². The third-order valence-electron chi connectivity index (χ3n) is 6.46. The summed E-state index contributed by atoms with van der Waals surface area (Å²) in [5, 5.41) is 10.6. The topological polar surface area (TPSA) is 91.7 Å². The van der Waals surface area contributed by atoms with E-state index >= 15 is 0 Å². The van der Waals surface area contributed by atoms with Gasteiger partial charge in [-0.1, -0.05) is 5.21 Å². The van der Waals surface area contributed by atoms with E-state index in [1.54, 1.807) is 0 Å². The lowest BCUT2D eigenvalue weighted by Gasteiger charge is -2.18. The first-order valence-corrected chi connectivity index (χ1v) is 10.5. The Morgan fingerprint density at radius 3 is 2.67 bits per heavy atom. The van der Waals surface area contributed by atoms with Gasteiger partial charge >= 0.3 is 0 Å². The fourth-order valence-corrected chi connectivity index (χ4v) is 4.38. The smallest absolute Gasteiger partial charge is 0.277 e. The molecule has 1 aliphatic carbocycles.